The van der Waals surface area contributed by atoms with Gasteiger partial charge in [0.1, 0.15) is 5.82 Å². The van der Waals surface area contributed by atoms with Gasteiger partial charge in [0.05, 0.1) is 12.5 Å². The number of carboxylic acid groups (broad SMARTS) is 1. The van der Waals surface area contributed by atoms with Gasteiger partial charge in [-0.25, -0.2) is 9.97 Å². The Kier molecular flexibility index (Phi) is 6.16. The molecule has 30 heavy (non-hydrogen) atoms. The van der Waals surface area contributed by atoms with Gasteiger partial charge in [-0.15, -0.1) is 0 Å². The quantitative estimate of drug-likeness (QED) is 0.616. The molecule has 0 saturated carbocycles. The molecule has 0 radical (unpaired) electrons. The molecule has 0 aromatic carbocycles. The summed E-state index contributed by atoms with van der Waals surface area (Å²) in [6.45, 7) is 1.81. The first kappa shape index (κ1) is 20.2. The van der Waals surface area contributed by atoms with Crippen molar-refractivity contribution < 1.29 is 9.90 Å². The van der Waals surface area contributed by atoms with Crippen LogP contribution in [0, 0.1) is 12.8 Å². The third-order valence-corrected chi connectivity index (χ3v) is 5.93. The highest BCUT2D eigenvalue weighted by Crippen LogP contribution is 2.28. The Morgan fingerprint density at radius 1 is 1.23 bits per heavy atom. The molecule has 156 valence electrons. The van der Waals surface area contributed by atoms with Crippen LogP contribution in [0.2, 0.25) is 0 Å². The SMILES string of the molecule is Cc1ncc(C(CC(=O)O)n2nccc2CCC[C@@H]2CCc3cccnc3C2)cn1. The van der Waals surface area contributed by atoms with Crippen LogP contribution in [-0.4, -0.2) is 35.8 Å². The molecule has 0 aliphatic heterocycles. The van der Waals surface area contributed by atoms with Gasteiger partial charge in [0.2, 0.25) is 0 Å². The predicted molar refractivity (Wildman–Crippen MR) is 112 cm³/mol. The third kappa shape index (κ3) is 4.72. The van der Waals surface area contributed by atoms with Crippen LogP contribution in [0.1, 0.15) is 60.1 Å². The molecule has 3 aromatic heterocycles. The van der Waals surface area contributed by atoms with Gasteiger partial charge in [0, 0.05) is 41.7 Å². The van der Waals surface area contributed by atoms with Crippen LogP contribution in [0.3, 0.4) is 0 Å². The average molecular weight is 406 g/mol. The summed E-state index contributed by atoms with van der Waals surface area (Å²) in [7, 11) is 0. The minimum absolute atomic E-state index is 0.0494. The van der Waals surface area contributed by atoms with Gasteiger partial charge in [0.15, 0.2) is 0 Å². The van der Waals surface area contributed by atoms with Crippen molar-refractivity contribution in [1.82, 2.24) is 24.7 Å². The van der Waals surface area contributed by atoms with Crippen molar-refractivity contribution in [3.8, 4) is 0 Å². The molecule has 0 spiro atoms. The van der Waals surface area contributed by atoms with E-state index in [2.05, 4.69) is 26.1 Å². The van der Waals surface area contributed by atoms with Crippen LogP contribution in [0.25, 0.3) is 0 Å². The van der Waals surface area contributed by atoms with E-state index in [1.165, 1.54) is 17.7 Å². The summed E-state index contributed by atoms with van der Waals surface area (Å²) in [6.07, 6.45) is 13.4. The van der Waals surface area contributed by atoms with Crippen molar-refractivity contribution in [2.24, 2.45) is 5.92 Å². The Morgan fingerprint density at radius 2 is 2.07 bits per heavy atom. The zero-order valence-electron chi connectivity index (χ0n) is 17.2. The molecule has 0 amide bonds. The molecular formula is C23H27N5O2. The lowest BCUT2D eigenvalue weighted by molar-refractivity contribution is -0.137. The summed E-state index contributed by atoms with van der Waals surface area (Å²) in [4.78, 5) is 24.5. The molecule has 0 bridgehead atoms. The lowest BCUT2D eigenvalue weighted by Crippen LogP contribution is -2.19. The number of rotatable bonds is 8. The fourth-order valence-electron chi connectivity index (χ4n) is 4.34. The van der Waals surface area contributed by atoms with Crippen LogP contribution in [0.4, 0.5) is 0 Å². The topological polar surface area (TPSA) is 93.8 Å². The number of pyridine rings is 1. The number of carboxylic acids is 1. The van der Waals surface area contributed by atoms with Crippen LogP contribution < -0.4 is 0 Å². The van der Waals surface area contributed by atoms with Crippen LogP contribution in [-0.2, 0) is 24.1 Å². The highest BCUT2D eigenvalue weighted by Gasteiger charge is 2.22. The van der Waals surface area contributed by atoms with Crippen molar-refractivity contribution in [3.63, 3.8) is 0 Å². The number of fused-ring (bicyclic) bond motifs is 1. The highest BCUT2D eigenvalue weighted by molar-refractivity contribution is 5.68. The van der Waals surface area contributed by atoms with Crippen LogP contribution >= 0.6 is 0 Å². The number of aromatic nitrogens is 5. The summed E-state index contributed by atoms with van der Waals surface area (Å²) in [5.74, 6) is 0.455. The summed E-state index contributed by atoms with van der Waals surface area (Å²) >= 11 is 0. The summed E-state index contributed by atoms with van der Waals surface area (Å²) < 4.78 is 1.83. The lowest BCUT2D eigenvalue weighted by atomic mass is 9.84. The molecule has 7 nitrogen and oxygen atoms in total. The second kappa shape index (κ2) is 9.15. The second-order valence-corrected chi connectivity index (χ2v) is 8.05. The van der Waals surface area contributed by atoms with Gasteiger partial charge >= 0.3 is 5.97 Å². The van der Waals surface area contributed by atoms with Gasteiger partial charge < -0.3 is 5.11 Å². The van der Waals surface area contributed by atoms with Gasteiger partial charge in [-0.3, -0.25) is 14.5 Å². The molecule has 4 rings (SSSR count). The first-order valence-corrected chi connectivity index (χ1v) is 10.6. The van der Waals surface area contributed by atoms with Gasteiger partial charge in [0.25, 0.3) is 0 Å². The Bertz CT molecular complexity index is 999. The smallest absolute Gasteiger partial charge is 0.305 e. The normalized spacial score (nSPS) is 16.8. The van der Waals surface area contributed by atoms with Crippen molar-refractivity contribution >= 4 is 5.97 Å². The molecule has 1 unspecified atom stereocenters. The van der Waals surface area contributed by atoms with E-state index in [0.29, 0.717) is 11.7 Å². The molecule has 3 aromatic rings. The number of aliphatic carboxylic acids is 1. The van der Waals surface area contributed by atoms with Crippen molar-refractivity contribution in [3.05, 3.63) is 71.3 Å². The number of carbonyl (C=O) groups is 1. The van der Waals surface area contributed by atoms with Crippen molar-refractivity contribution in [2.45, 2.75) is 57.9 Å². The van der Waals surface area contributed by atoms with E-state index in [0.717, 1.165) is 43.4 Å². The molecule has 0 saturated heterocycles. The zero-order chi connectivity index (χ0) is 20.9. The molecule has 2 atom stereocenters. The maximum absolute atomic E-state index is 11.5. The van der Waals surface area contributed by atoms with E-state index in [1.54, 1.807) is 18.6 Å². The fraction of sp³-hybridized carbons (Fsp3) is 0.435. The minimum Gasteiger partial charge on any atom is -0.481 e. The highest BCUT2D eigenvalue weighted by atomic mass is 16.4. The fourth-order valence-corrected chi connectivity index (χ4v) is 4.34. The molecule has 1 aliphatic carbocycles. The monoisotopic (exact) mass is 405 g/mol. The van der Waals surface area contributed by atoms with E-state index in [-0.39, 0.29) is 6.42 Å². The first-order chi connectivity index (χ1) is 14.6. The van der Waals surface area contributed by atoms with E-state index in [4.69, 9.17) is 0 Å². The van der Waals surface area contributed by atoms with E-state index >= 15 is 0 Å². The number of hydrogen-bond acceptors (Lipinski definition) is 5. The summed E-state index contributed by atoms with van der Waals surface area (Å²) in [5, 5.41) is 13.9. The maximum Gasteiger partial charge on any atom is 0.305 e. The van der Waals surface area contributed by atoms with Crippen molar-refractivity contribution in [2.75, 3.05) is 0 Å². The third-order valence-electron chi connectivity index (χ3n) is 5.93. The molecule has 0 fully saturated rings. The number of aryl methyl sites for hydroxylation is 3. The number of nitrogens with zero attached hydrogens (tertiary/aromatic N) is 5. The number of hydrogen-bond donors (Lipinski definition) is 1. The Balaban J connectivity index is 1.42. The summed E-state index contributed by atoms with van der Waals surface area (Å²) in [6, 6.07) is 5.79. The van der Waals surface area contributed by atoms with Gasteiger partial charge in [-0.2, -0.15) is 5.10 Å². The Labute approximate surface area is 176 Å². The standard InChI is InChI=1S/C23H27N5O2/c1-16-25-14-19(15-26-16)22(13-23(29)30)28-20(9-11-27-28)6-2-4-17-7-8-18-5-3-10-24-21(18)12-17/h3,5,9-11,14-15,17,22H,2,4,6-8,12-13H2,1H3,(H,29,30)/t17-,22?/m1/s1. The van der Waals surface area contributed by atoms with Gasteiger partial charge in [-0.1, -0.05) is 6.07 Å². The molecular weight excluding hydrogens is 378 g/mol. The average Bonchev–Trinajstić information content (AvgIpc) is 3.21. The first-order valence-electron chi connectivity index (χ1n) is 10.6. The van der Waals surface area contributed by atoms with Crippen LogP contribution in [0.15, 0.2) is 43.0 Å². The zero-order valence-corrected chi connectivity index (χ0v) is 17.2. The van der Waals surface area contributed by atoms with Crippen molar-refractivity contribution in [1.29, 1.82) is 0 Å². The molecule has 7 heteroatoms. The summed E-state index contributed by atoms with van der Waals surface area (Å²) in [5.41, 5.74) is 4.46. The predicted octanol–water partition coefficient (Wildman–Crippen LogP) is 3.57. The maximum atomic E-state index is 11.5. The minimum atomic E-state index is -0.865. The van der Waals surface area contributed by atoms with E-state index in [9.17, 15) is 9.90 Å². The largest absolute Gasteiger partial charge is 0.481 e. The van der Waals surface area contributed by atoms with Crippen LogP contribution in [0.5, 0.6) is 0 Å². The molecule has 1 N–H and O–H groups in total. The second-order valence-electron chi connectivity index (χ2n) is 8.05. The van der Waals surface area contributed by atoms with E-state index < -0.39 is 12.0 Å². The van der Waals surface area contributed by atoms with E-state index in [1.807, 2.05) is 29.9 Å². The lowest BCUT2D eigenvalue weighted by Gasteiger charge is -2.24. The van der Waals surface area contributed by atoms with Gasteiger partial charge in [-0.05, 0) is 69.1 Å². The molecule has 3 heterocycles. The Morgan fingerprint density at radius 3 is 2.87 bits per heavy atom. The Hall–Kier alpha value is -3.09. The molecule has 1 aliphatic rings.